The number of aliphatic hydroxyl groups is 1. The van der Waals surface area contributed by atoms with E-state index in [0.29, 0.717) is 19.6 Å². The number of hydrogen-bond acceptors (Lipinski definition) is 6. The lowest BCUT2D eigenvalue weighted by molar-refractivity contribution is -0.0987. The summed E-state index contributed by atoms with van der Waals surface area (Å²) in [6.45, 7) is 8.80. The third-order valence-corrected chi connectivity index (χ3v) is 2.53. The van der Waals surface area contributed by atoms with Crippen LogP contribution in [0.3, 0.4) is 0 Å². The fourth-order valence-electron chi connectivity index (χ4n) is 1.60. The Hall–Kier alpha value is -0.890. The van der Waals surface area contributed by atoms with Crippen molar-refractivity contribution in [2.24, 2.45) is 0 Å². The number of ether oxygens (including phenoxy) is 3. The molecule has 0 rings (SSSR count). The molecule has 0 spiro atoms. The maximum atomic E-state index is 12.1. The standard InChI is InChI=1S/C14H30N2O5/c1-11(17)10-16(13(18)21-14(2,3)4)8-7-15-9-12(19-5)20-6/h11-12,15,17H,7-10H2,1-6H3. The highest BCUT2D eigenvalue weighted by Crippen LogP contribution is 2.10. The Balaban J connectivity index is 4.27. The van der Waals surface area contributed by atoms with Crippen molar-refractivity contribution in [1.29, 1.82) is 0 Å². The average molecular weight is 306 g/mol. The van der Waals surface area contributed by atoms with E-state index in [9.17, 15) is 9.90 Å². The predicted octanol–water partition coefficient (Wildman–Crippen LogP) is 0.813. The van der Waals surface area contributed by atoms with E-state index in [1.165, 1.54) is 4.90 Å². The van der Waals surface area contributed by atoms with Gasteiger partial charge in [-0.3, -0.25) is 0 Å². The summed E-state index contributed by atoms with van der Waals surface area (Å²) in [6, 6.07) is 0. The molecule has 1 unspecified atom stereocenters. The number of rotatable bonds is 9. The van der Waals surface area contributed by atoms with Gasteiger partial charge in [-0.05, 0) is 27.7 Å². The van der Waals surface area contributed by atoms with Gasteiger partial charge in [0, 0.05) is 40.4 Å². The number of methoxy groups -OCH3 is 2. The first-order valence-corrected chi connectivity index (χ1v) is 7.12. The minimum atomic E-state index is -0.608. The zero-order chi connectivity index (χ0) is 16.5. The van der Waals surface area contributed by atoms with Crippen molar-refractivity contribution in [3.05, 3.63) is 0 Å². The summed E-state index contributed by atoms with van der Waals surface area (Å²) in [4.78, 5) is 13.5. The van der Waals surface area contributed by atoms with Crippen LogP contribution in [0.4, 0.5) is 4.79 Å². The molecule has 21 heavy (non-hydrogen) atoms. The highest BCUT2D eigenvalue weighted by Gasteiger charge is 2.22. The predicted molar refractivity (Wildman–Crippen MR) is 80.2 cm³/mol. The lowest BCUT2D eigenvalue weighted by Gasteiger charge is -2.28. The van der Waals surface area contributed by atoms with Gasteiger partial charge >= 0.3 is 6.09 Å². The van der Waals surface area contributed by atoms with E-state index < -0.39 is 17.8 Å². The van der Waals surface area contributed by atoms with Crippen molar-refractivity contribution in [2.75, 3.05) is 40.4 Å². The molecule has 0 aromatic rings. The summed E-state index contributed by atoms with van der Waals surface area (Å²) in [5.41, 5.74) is -0.557. The van der Waals surface area contributed by atoms with Crippen molar-refractivity contribution in [3.8, 4) is 0 Å². The minimum Gasteiger partial charge on any atom is -0.444 e. The molecule has 0 bridgehead atoms. The zero-order valence-corrected chi connectivity index (χ0v) is 14.0. The van der Waals surface area contributed by atoms with E-state index >= 15 is 0 Å². The molecule has 126 valence electrons. The first kappa shape index (κ1) is 20.1. The van der Waals surface area contributed by atoms with Gasteiger partial charge in [0.1, 0.15) is 5.60 Å². The summed E-state index contributed by atoms with van der Waals surface area (Å²) < 4.78 is 15.4. The average Bonchev–Trinajstić information content (AvgIpc) is 2.35. The van der Waals surface area contributed by atoms with Crippen LogP contribution in [0.5, 0.6) is 0 Å². The van der Waals surface area contributed by atoms with Gasteiger partial charge in [-0.1, -0.05) is 0 Å². The Morgan fingerprint density at radius 3 is 2.29 bits per heavy atom. The van der Waals surface area contributed by atoms with Crippen LogP contribution in [0.2, 0.25) is 0 Å². The summed E-state index contributed by atoms with van der Waals surface area (Å²) >= 11 is 0. The molecule has 0 aromatic carbocycles. The largest absolute Gasteiger partial charge is 0.444 e. The maximum Gasteiger partial charge on any atom is 0.410 e. The maximum absolute atomic E-state index is 12.1. The number of nitrogens with one attached hydrogen (secondary N) is 1. The summed E-state index contributed by atoms with van der Waals surface area (Å²) in [5, 5.41) is 12.6. The number of nitrogens with zero attached hydrogens (tertiary/aromatic N) is 1. The minimum absolute atomic E-state index is 0.231. The van der Waals surface area contributed by atoms with Crippen LogP contribution in [0.1, 0.15) is 27.7 Å². The van der Waals surface area contributed by atoms with Crippen molar-refractivity contribution < 1.29 is 24.1 Å². The molecule has 7 nitrogen and oxygen atoms in total. The summed E-state index contributed by atoms with van der Waals surface area (Å²) in [6.07, 6.45) is -1.36. The second-order valence-electron chi connectivity index (χ2n) is 5.88. The van der Waals surface area contributed by atoms with Crippen molar-refractivity contribution in [3.63, 3.8) is 0 Å². The molecule has 0 fully saturated rings. The highest BCUT2D eigenvalue weighted by atomic mass is 16.7. The first-order chi connectivity index (χ1) is 9.69. The topological polar surface area (TPSA) is 80.3 Å². The number of carbonyl (C=O) groups is 1. The van der Waals surface area contributed by atoms with Crippen molar-refractivity contribution >= 4 is 6.09 Å². The zero-order valence-electron chi connectivity index (χ0n) is 14.0. The molecule has 2 N–H and O–H groups in total. The summed E-state index contributed by atoms with van der Waals surface area (Å²) in [5.74, 6) is 0. The Kier molecular flexibility index (Phi) is 9.52. The van der Waals surface area contributed by atoms with Crippen LogP contribution < -0.4 is 5.32 Å². The van der Waals surface area contributed by atoms with E-state index in [2.05, 4.69) is 5.32 Å². The van der Waals surface area contributed by atoms with Crippen LogP contribution in [0.25, 0.3) is 0 Å². The van der Waals surface area contributed by atoms with Gasteiger partial charge in [0.2, 0.25) is 0 Å². The molecule has 0 aliphatic heterocycles. The quantitative estimate of drug-likeness (QED) is 0.485. The molecule has 1 amide bonds. The Morgan fingerprint density at radius 2 is 1.86 bits per heavy atom. The molecular formula is C14H30N2O5. The smallest absolute Gasteiger partial charge is 0.410 e. The Labute approximate surface area is 127 Å². The third kappa shape index (κ3) is 10.5. The van der Waals surface area contributed by atoms with Crippen LogP contribution in [0.15, 0.2) is 0 Å². The van der Waals surface area contributed by atoms with Crippen LogP contribution in [-0.4, -0.2) is 74.5 Å². The van der Waals surface area contributed by atoms with Crippen molar-refractivity contribution in [1.82, 2.24) is 10.2 Å². The number of hydrogen-bond donors (Lipinski definition) is 2. The Bertz CT molecular complexity index is 288. The SMILES string of the molecule is COC(CNCCN(CC(C)O)C(=O)OC(C)(C)C)OC. The fraction of sp³-hybridized carbons (Fsp3) is 0.929. The van der Waals surface area contributed by atoms with E-state index in [1.807, 2.05) is 20.8 Å². The monoisotopic (exact) mass is 306 g/mol. The Morgan fingerprint density at radius 1 is 1.29 bits per heavy atom. The normalized spacial score (nSPS) is 13.3. The lowest BCUT2D eigenvalue weighted by Crippen LogP contribution is -2.44. The second kappa shape index (κ2) is 9.94. The molecule has 0 aliphatic rings. The van der Waals surface area contributed by atoms with Crippen LogP contribution in [-0.2, 0) is 14.2 Å². The number of aliphatic hydroxyl groups excluding tert-OH is 1. The first-order valence-electron chi connectivity index (χ1n) is 7.12. The second-order valence-corrected chi connectivity index (χ2v) is 5.88. The van der Waals surface area contributed by atoms with Gasteiger partial charge in [-0.15, -0.1) is 0 Å². The van der Waals surface area contributed by atoms with Crippen molar-refractivity contribution in [2.45, 2.75) is 45.7 Å². The van der Waals surface area contributed by atoms with E-state index in [4.69, 9.17) is 14.2 Å². The molecule has 0 saturated heterocycles. The highest BCUT2D eigenvalue weighted by molar-refractivity contribution is 5.68. The molecule has 0 saturated carbocycles. The van der Waals surface area contributed by atoms with Gasteiger partial charge in [0.25, 0.3) is 0 Å². The van der Waals surface area contributed by atoms with Gasteiger partial charge in [-0.2, -0.15) is 0 Å². The van der Waals surface area contributed by atoms with E-state index in [-0.39, 0.29) is 12.8 Å². The lowest BCUT2D eigenvalue weighted by atomic mass is 10.2. The van der Waals surface area contributed by atoms with Gasteiger partial charge in [0.15, 0.2) is 6.29 Å². The molecule has 0 aromatic heterocycles. The van der Waals surface area contributed by atoms with E-state index in [0.717, 1.165) is 0 Å². The molecule has 0 radical (unpaired) electrons. The summed E-state index contributed by atoms with van der Waals surface area (Å²) in [7, 11) is 3.13. The third-order valence-electron chi connectivity index (χ3n) is 2.53. The van der Waals surface area contributed by atoms with Crippen LogP contribution >= 0.6 is 0 Å². The van der Waals surface area contributed by atoms with Gasteiger partial charge in [-0.25, -0.2) is 4.79 Å². The van der Waals surface area contributed by atoms with Crippen LogP contribution in [0, 0.1) is 0 Å². The molecular weight excluding hydrogens is 276 g/mol. The molecule has 0 aliphatic carbocycles. The number of amides is 1. The fourth-order valence-corrected chi connectivity index (χ4v) is 1.60. The molecule has 0 heterocycles. The molecule has 1 atom stereocenters. The van der Waals surface area contributed by atoms with Gasteiger partial charge < -0.3 is 29.5 Å². The number of carbonyl (C=O) groups excluding carboxylic acids is 1. The molecule has 7 heteroatoms. The van der Waals surface area contributed by atoms with Gasteiger partial charge in [0.05, 0.1) is 6.10 Å². The van der Waals surface area contributed by atoms with E-state index in [1.54, 1.807) is 21.1 Å².